The lowest BCUT2D eigenvalue weighted by Gasteiger charge is -2.10. The molecule has 0 saturated heterocycles. The molecule has 110 valence electrons. The molecule has 0 saturated carbocycles. The van der Waals surface area contributed by atoms with E-state index in [0.717, 1.165) is 6.42 Å². The molecule has 0 unspecified atom stereocenters. The van der Waals surface area contributed by atoms with Crippen LogP contribution in [0.2, 0.25) is 0 Å². The molecule has 1 rings (SSSR count). The average molecular weight is 287 g/mol. The fourth-order valence-corrected chi connectivity index (χ4v) is 1.63. The van der Waals surface area contributed by atoms with Gasteiger partial charge in [-0.05, 0) is 31.9 Å². The topological polar surface area (TPSA) is 96.0 Å². The first kappa shape index (κ1) is 16.4. The van der Waals surface area contributed by atoms with Gasteiger partial charge in [0.25, 0.3) is 11.6 Å². The van der Waals surface area contributed by atoms with E-state index in [1.807, 2.05) is 19.9 Å². The Morgan fingerprint density at radius 2 is 2.24 bits per heavy atom. The minimum absolute atomic E-state index is 0.0385. The largest absolute Gasteiger partial charge is 0.349 e. The van der Waals surface area contributed by atoms with E-state index in [1.54, 1.807) is 19.1 Å². The Hall–Kier alpha value is -2.68. The summed E-state index contributed by atoms with van der Waals surface area (Å²) in [6.07, 6.45) is 2.10. The van der Waals surface area contributed by atoms with E-state index in [9.17, 15) is 14.9 Å². The SMILES string of the molecule is CC[C@H](C)NC(=O)/C(C#N)=C/c1ccc(C)c([N+](=O)[O-])c1. The summed E-state index contributed by atoms with van der Waals surface area (Å²) in [6.45, 7) is 5.39. The first-order valence-electron chi connectivity index (χ1n) is 6.56. The maximum absolute atomic E-state index is 11.9. The molecular weight excluding hydrogens is 270 g/mol. The van der Waals surface area contributed by atoms with Gasteiger partial charge in [0.05, 0.1) is 4.92 Å². The Bertz CT molecular complexity index is 630. The van der Waals surface area contributed by atoms with Gasteiger partial charge in [0.1, 0.15) is 11.6 Å². The van der Waals surface area contributed by atoms with E-state index >= 15 is 0 Å². The van der Waals surface area contributed by atoms with Crippen molar-refractivity contribution in [3.63, 3.8) is 0 Å². The van der Waals surface area contributed by atoms with Crippen molar-refractivity contribution in [3.05, 3.63) is 45.0 Å². The van der Waals surface area contributed by atoms with E-state index in [2.05, 4.69) is 5.32 Å². The second kappa shape index (κ2) is 7.20. The number of carbonyl (C=O) groups excluding carboxylic acids is 1. The highest BCUT2D eigenvalue weighted by Gasteiger charge is 2.14. The van der Waals surface area contributed by atoms with Gasteiger partial charge in [-0.2, -0.15) is 5.26 Å². The van der Waals surface area contributed by atoms with Crippen LogP contribution in [-0.2, 0) is 4.79 Å². The van der Waals surface area contributed by atoms with Crippen LogP contribution in [-0.4, -0.2) is 16.9 Å². The quantitative estimate of drug-likeness (QED) is 0.390. The van der Waals surface area contributed by atoms with Crippen LogP contribution in [0.25, 0.3) is 6.08 Å². The maximum Gasteiger partial charge on any atom is 0.272 e. The molecule has 1 aromatic carbocycles. The Morgan fingerprint density at radius 1 is 1.57 bits per heavy atom. The van der Waals surface area contributed by atoms with Crippen LogP contribution in [0.1, 0.15) is 31.4 Å². The van der Waals surface area contributed by atoms with E-state index in [0.29, 0.717) is 11.1 Å². The van der Waals surface area contributed by atoms with Crippen LogP contribution in [0.15, 0.2) is 23.8 Å². The second-order valence-corrected chi connectivity index (χ2v) is 4.76. The third-order valence-corrected chi connectivity index (χ3v) is 3.10. The standard InChI is InChI=1S/C15H17N3O3/c1-4-11(3)17-15(19)13(9-16)7-12-6-5-10(2)14(8-12)18(20)21/h5-8,11H,4H2,1-3H3,(H,17,19)/b13-7+/t11-/m0/s1. The van der Waals surface area contributed by atoms with E-state index in [-0.39, 0.29) is 17.3 Å². The minimum Gasteiger partial charge on any atom is -0.349 e. The molecule has 1 N–H and O–H groups in total. The van der Waals surface area contributed by atoms with Gasteiger partial charge in [-0.25, -0.2) is 0 Å². The summed E-state index contributed by atoms with van der Waals surface area (Å²) in [7, 11) is 0. The van der Waals surface area contributed by atoms with Gasteiger partial charge in [-0.15, -0.1) is 0 Å². The number of hydrogen-bond donors (Lipinski definition) is 1. The molecular formula is C15H17N3O3. The molecule has 0 fully saturated rings. The van der Waals surface area contributed by atoms with Gasteiger partial charge in [0, 0.05) is 17.7 Å². The molecule has 1 amide bonds. The number of nitriles is 1. The monoisotopic (exact) mass is 287 g/mol. The van der Waals surface area contributed by atoms with Gasteiger partial charge in [-0.1, -0.05) is 19.1 Å². The molecule has 0 radical (unpaired) electrons. The number of hydrogen-bond acceptors (Lipinski definition) is 4. The average Bonchev–Trinajstić information content (AvgIpc) is 2.45. The van der Waals surface area contributed by atoms with Crippen molar-refractivity contribution in [1.29, 1.82) is 5.26 Å². The number of amides is 1. The zero-order valence-corrected chi connectivity index (χ0v) is 12.2. The Balaban J connectivity index is 3.09. The van der Waals surface area contributed by atoms with E-state index < -0.39 is 10.8 Å². The molecule has 0 heterocycles. The fourth-order valence-electron chi connectivity index (χ4n) is 1.63. The molecule has 1 atom stereocenters. The van der Waals surface area contributed by atoms with Crippen LogP contribution < -0.4 is 5.32 Å². The summed E-state index contributed by atoms with van der Waals surface area (Å²) >= 11 is 0. The Kier molecular flexibility index (Phi) is 5.61. The highest BCUT2D eigenvalue weighted by atomic mass is 16.6. The predicted octanol–water partition coefficient (Wildman–Crippen LogP) is 2.72. The molecule has 0 spiro atoms. The van der Waals surface area contributed by atoms with Gasteiger partial charge in [-0.3, -0.25) is 14.9 Å². The van der Waals surface area contributed by atoms with Gasteiger partial charge < -0.3 is 5.32 Å². The lowest BCUT2D eigenvalue weighted by molar-refractivity contribution is -0.385. The number of aryl methyl sites for hydroxylation is 1. The van der Waals surface area contributed by atoms with Gasteiger partial charge in [0.2, 0.25) is 0 Å². The second-order valence-electron chi connectivity index (χ2n) is 4.76. The number of nitrogens with zero attached hydrogens (tertiary/aromatic N) is 2. The summed E-state index contributed by atoms with van der Waals surface area (Å²) < 4.78 is 0. The van der Waals surface area contributed by atoms with Crippen LogP contribution in [0.3, 0.4) is 0 Å². The molecule has 6 heteroatoms. The van der Waals surface area contributed by atoms with Crippen molar-refractivity contribution in [2.45, 2.75) is 33.2 Å². The molecule has 0 aliphatic carbocycles. The Morgan fingerprint density at radius 3 is 2.76 bits per heavy atom. The first-order valence-corrected chi connectivity index (χ1v) is 6.56. The lowest BCUT2D eigenvalue weighted by atomic mass is 10.1. The summed E-state index contributed by atoms with van der Waals surface area (Å²) in [6, 6.07) is 6.36. The summed E-state index contributed by atoms with van der Waals surface area (Å²) in [5.74, 6) is -0.477. The van der Waals surface area contributed by atoms with Crippen molar-refractivity contribution in [2.24, 2.45) is 0 Å². The number of nitrogens with one attached hydrogen (secondary N) is 1. The van der Waals surface area contributed by atoms with Crippen molar-refractivity contribution in [3.8, 4) is 6.07 Å². The van der Waals surface area contributed by atoms with Crippen molar-refractivity contribution >= 4 is 17.7 Å². The predicted molar refractivity (Wildman–Crippen MR) is 79.3 cm³/mol. The van der Waals surface area contributed by atoms with Crippen molar-refractivity contribution in [1.82, 2.24) is 5.32 Å². The number of rotatable bonds is 5. The van der Waals surface area contributed by atoms with Crippen molar-refractivity contribution < 1.29 is 9.72 Å². The van der Waals surface area contributed by atoms with Crippen LogP contribution in [0.5, 0.6) is 0 Å². The summed E-state index contributed by atoms with van der Waals surface area (Å²) in [5.41, 5.74) is 0.861. The third-order valence-electron chi connectivity index (χ3n) is 3.10. The number of nitro benzene ring substituents is 1. The molecule has 21 heavy (non-hydrogen) atoms. The fraction of sp³-hybridized carbons (Fsp3) is 0.333. The zero-order chi connectivity index (χ0) is 16.0. The zero-order valence-electron chi connectivity index (χ0n) is 12.2. The number of carbonyl (C=O) groups is 1. The molecule has 0 aliphatic rings. The van der Waals surface area contributed by atoms with E-state index in [4.69, 9.17) is 5.26 Å². The van der Waals surface area contributed by atoms with Gasteiger partial charge >= 0.3 is 0 Å². The summed E-state index contributed by atoms with van der Waals surface area (Å²) in [4.78, 5) is 22.3. The molecule has 6 nitrogen and oxygen atoms in total. The minimum atomic E-state index is -0.488. The molecule has 0 aromatic heterocycles. The number of nitro groups is 1. The summed E-state index contributed by atoms with van der Waals surface area (Å²) in [5, 5.41) is 22.6. The molecule has 0 aliphatic heterocycles. The van der Waals surface area contributed by atoms with Crippen molar-refractivity contribution in [2.75, 3.05) is 0 Å². The van der Waals surface area contributed by atoms with E-state index in [1.165, 1.54) is 12.1 Å². The highest BCUT2D eigenvalue weighted by molar-refractivity contribution is 6.01. The molecule has 1 aromatic rings. The number of benzene rings is 1. The van der Waals surface area contributed by atoms with Gasteiger partial charge in [0.15, 0.2) is 0 Å². The normalized spacial score (nSPS) is 12.4. The first-order chi connectivity index (χ1) is 9.88. The lowest BCUT2D eigenvalue weighted by Crippen LogP contribution is -2.32. The Labute approximate surface area is 123 Å². The molecule has 0 bridgehead atoms. The third kappa shape index (κ3) is 4.42. The smallest absolute Gasteiger partial charge is 0.272 e. The maximum atomic E-state index is 11.9. The highest BCUT2D eigenvalue weighted by Crippen LogP contribution is 2.20. The van der Waals surface area contributed by atoms with Crippen LogP contribution in [0.4, 0.5) is 5.69 Å². The van der Waals surface area contributed by atoms with Crippen LogP contribution >= 0.6 is 0 Å². The van der Waals surface area contributed by atoms with Crippen LogP contribution in [0, 0.1) is 28.4 Å².